The Hall–Kier alpha value is -0.820. The molecule has 1 atom stereocenters. The van der Waals surface area contributed by atoms with E-state index in [1.54, 1.807) is 0 Å². The van der Waals surface area contributed by atoms with Gasteiger partial charge in [0.15, 0.2) is 0 Å². The van der Waals surface area contributed by atoms with Crippen LogP contribution < -0.4 is 5.32 Å². The zero-order valence-corrected chi connectivity index (χ0v) is 12.3. The number of hydrogen-bond acceptors (Lipinski definition) is 1. The van der Waals surface area contributed by atoms with Crippen LogP contribution in [0.4, 0.5) is 0 Å². The maximum Gasteiger partial charge on any atom is -0.00173 e. The van der Waals surface area contributed by atoms with Gasteiger partial charge in [-0.2, -0.15) is 0 Å². The molecule has 0 spiro atoms. The molecule has 1 nitrogen and oxygen atoms in total. The molecular weight excluding hydrogens is 218 g/mol. The fourth-order valence-electron chi connectivity index (χ4n) is 2.31. The Balaban J connectivity index is 2.45. The molecule has 0 saturated carbocycles. The van der Waals surface area contributed by atoms with Crippen molar-refractivity contribution in [2.45, 2.75) is 52.9 Å². The summed E-state index contributed by atoms with van der Waals surface area (Å²) in [5.74, 6) is 0.791. The molecule has 0 aliphatic heterocycles. The van der Waals surface area contributed by atoms with Crippen LogP contribution >= 0.6 is 0 Å². The van der Waals surface area contributed by atoms with Crippen LogP contribution in [0.3, 0.4) is 0 Å². The molecule has 1 heteroatoms. The van der Waals surface area contributed by atoms with Crippen LogP contribution in [0, 0.1) is 12.8 Å². The highest BCUT2D eigenvalue weighted by atomic mass is 14.8. The Morgan fingerprint density at radius 2 is 1.78 bits per heavy atom. The summed E-state index contributed by atoms with van der Waals surface area (Å²) < 4.78 is 0. The van der Waals surface area contributed by atoms with Gasteiger partial charge in [0.05, 0.1) is 0 Å². The first-order chi connectivity index (χ1) is 8.76. The quantitative estimate of drug-likeness (QED) is 0.640. The van der Waals surface area contributed by atoms with E-state index in [0.29, 0.717) is 0 Å². The molecule has 0 bridgehead atoms. The smallest absolute Gasteiger partial charge is 0.00173 e. The molecule has 1 rings (SSSR count). The van der Waals surface area contributed by atoms with Gasteiger partial charge in [0.1, 0.15) is 0 Å². The summed E-state index contributed by atoms with van der Waals surface area (Å²) in [6.45, 7) is 8.98. The molecule has 0 saturated heterocycles. The molecule has 1 aromatic rings. The van der Waals surface area contributed by atoms with Gasteiger partial charge < -0.3 is 5.32 Å². The normalized spacial score (nSPS) is 12.6. The molecule has 0 fully saturated rings. The van der Waals surface area contributed by atoms with Gasteiger partial charge in [0, 0.05) is 0 Å². The molecular formula is C17H29N. The van der Waals surface area contributed by atoms with Crippen molar-refractivity contribution >= 4 is 0 Å². The predicted molar refractivity (Wildman–Crippen MR) is 81.1 cm³/mol. The zero-order valence-electron chi connectivity index (χ0n) is 12.3. The standard InChI is InChI=1S/C17H29N/c1-4-6-7-17(14-18-12-5-2)13-16-10-8-15(3)9-11-16/h8-11,17-18H,4-7,12-14H2,1-3H3. The van der Waals surface area contributed by atoms with E-state index in [-0.39, 0.29) is 0 Å². The summed E-state index contributed by atoms with van der Waals surface area (Å²) in [6.07, 6.45) is 6.45. The van der Waals surface area contributed by atoms with Crippen molar-refractivity contribution in [2.24, 2.45) is 5.92 Å². The first kappa shape index (κ1) is 15.2. The van der Waals surface area contributed by atoms with Gasteiger partial charge in [-0.25, -0.2) is 0 Å². The van der Waals surface area contributed by atoms with Gasteiger partial charge in [0.2, 0.25) is 0 Å². The predicted octanol–water partition coefficient (Wildman–Crippen LogP) is 4.34. The van der Waals surface area contributed by atoms with Gasteiger partial charge >= 0.3 is 0 Å². The Labute approximate surface area is 113 Å². The second-order valence-corrected chi connectivity index (χ2v) is 5.40. The molecule has 102 valence electrons. The van der Waals surface area contributed by atoms with Crippen LogP contribution in [0.25, 0.3) is 0 Å². The largest absolute Gasteiger partial charge is 0.316 e. The average Bonchev–Trinajstić information content (AvgIpc) is 2.38. The van der Waals surface area contributed by atoms with Crippen molar-refractivity contribution < 1.29 is 0 Å². The number of aryl methyl sites for hydroxylation is 1. The van der Waals surface area contributed by atoms with Gasteiger partial charge in [-0.1, -0.05) is 56.5 Å². The second-order valence-electron chi connectivity index (χ2n) is 5.40. The van der Waals surface area contributed by atoms with Crippen LogP contribution in [-0.2, 0) is 6.42 Å². The second kappa shape index (κ2) is 9.16. The lowest BCUT2D eigenvalue weighted by atomic mass is 9.93. The van der Waals surface area contributed by atoms with Crippen molar-refractivity contribution in [2.75, 3.05) is 13.1 Å². The lowest BCUT2D eigenvalue weighted by Gasteiger charge is -2.17. The molecule has 1 unspecified atom stereocenters. The topological polar surface area (TPSA) is 12.0 Å². The van der Waals surface area contributed by atoms with Crippen LogP contribution in [0.1, 0.15) is 50.7 Å². The summed E-state index contributed by atoms with van der Waals surface area (Å²) >= 11 is 0. The molecule has 0 radical (unpaired) electrons. The summed E-state index contributed by atoms with van der Waals surface area (Å²) in [6, 6.07) is 9.03. The molecule has 0 amide bonds. The summed E-state index contributed by atoms with van der Waals surface area (Å²) in [7, 11) is 0. The van der Waals surface area contributed by atoms with Gasteiger partial charge in [-0.3, -0.25) is 0 Å². The Morgan fingerprint density at radius 3 is 2.39 bits per heavy atom. The maximum atomic E-state index is 3.58. The SMILES string of the molecule is CCCCC(CNCCC)Cc1ccc(C)cc1. The molecule has 0 aliphatic rings. The minimum Gasteiger partial charge on any atom is -0.316 e. The molecule has 1 aromatic carbocycles. The highest BCUT2D eigenvalue weighted by Crippen LogP contribution is 2.15. The van der Waals surface area contributed by atoms with E-state index >= 15 is 0 Å². The van der Waals surface area contributed by atoms with Crippen molar-refractivity contribution in [1.29, 1.82) is 0 Å². The van der Waals surface area contributed by atoms with Crippen LogP contribution in [0.5, 0.6) is 0 Å². The van der Waals surface area contributed by atoms with E-state index in [1.807, 2.05) is 0 Å². The van der Waals surface area contributed by atoms with E-state index in [0.717, 1.165) is 12.5 Å². The Kier molecular flexibility index (Phi) is 7.75. The van der Waals surface area contributed by atoms with E-state index in [1.165, 1.54) is 49.8 Å². The van der Waals surface area contributed by atoms with E-state index in [2.05, 4.69) is 50.4 Å². The van der Waals surface area contributed by atoms with Crippen LogP contribution in [-0.4, -0.2) is 13.1 Å². The highest BCUT2D eigenvalue weighted by Gasteiger charge is 2.08. The van der Waals surface area contributed by atoms with Crippen molar-refractivity contribution in [1.82, 2.24) is 5.32 Å². The number of nitrogens with one attached hydrogen (secondary N) is 1. The van der Waals surface area contributed by atoms with Crippen LogP contribution in [0.15, 0.2) is 24.3 Å². The molecule has 18 heavy (non-hydrogen) atoms. The lowest BCUT2D eigenvalue weighted by molar-refractivity contribution is 0.429. The van der Waals surface area contributed by atoms with Crippen molar-refractivity contribution in [3.05, 3.63) is 35.4 Å². The van der Waals surface area contributed by atoms with Crippen LogP contribution in [0.2, 0.25) is 0 Å². The number of hydrogen-bond donors (Lipinski definition) is 1. The first-order valence-corrected chi connectivity index (χ1v) is 7.52. The minimum absolute atomic E-state index is 0.791. The highest BCUT2D eigenvalue weighted by molar-refractivity contribution is 5.21. The maximum absolute atomic E-state index is 3.58. The third kappa shape index (κ3) is 6.20. The minimum atomic E-state index is 0.791. The Bertz CT molecular complexity index is 302. The molecule has 0 aliphatic carbocycles. The van der Waals surface area contributed by atoms with E-state index < -0.39 is 0 Å². The summed E-state index contributed by atoms with van der Waals surface area (Å²) in [5.41, 5.74) is 2.84. The van der Waals surface area contributed by atoms with Crippen molar-refractivity contribution in [3.8, 4) is 0 Å². The number of benzene rings is 1. The monoisotopic (exact) mass is 247 g/mol. The first-order valence-electron chi connectivity index (χ1n) is 7.52. The van der Waals surface area contributed by atoms with E-state index in [9.17, 15) is 0 Å². The lowest BCUT2D eigenvalue weighted by Crippen LogP contribution is -2.25. The zero-order chi connectivity index (χ0) is 13.2. The average molecular weight is 247 g/mol. The number of rotatable bonds is 9. The van der Waals surface area contributed by atoms with Gasteiger partial charge in [0.25, 0.3) is 0 Å². The van der Waals surface area contributed by atoms with Gasteiger partial charge in [-0.05, 0) is 50.8 Å². The molecule has 0 aromatic heterocycles. The van der Waals surface area contributed by atoms with E-state index in [4.69, 9.17) is 0 Å². The number of unbranched alkanes of at least 4 members (excludes halogenated alkanes) is 1. The fraction of sp³-hybridized carbons (Fsp3) is 0.647. The third-order valence-electron chi connectivity index (χ3n) is 3.47. The Morgan fingerprint density at radius 1 is 1.06 bits per heavy atom. The summed E-state index contributed by atoms with van der Waals surface area (Å²) in [4.78, 5) is 0. The van der Waals surface area contributed by atoms with Crippen molar-refractivity contribution in [3.63, 3.8) is 0 Å². The summed E-state index contributed by atoms with van der Waals surface area (Å²) in [5, 5.41) is 3.58. The molecule has 0 heterocycles. The molecule has 1 N–H and O–H groups in total. The third-order valence-corrected chi connectivity index (χ3v) is 3.47. The fourth-order valence-corrected chi connectivity index (χ4v) is 2.31. The van der Waals surface area contributed by atoms with Gasteiger partial charge in [-0.15, -0.1) is 0 Å².